The Morgan fingerprint density at radius 3 is 2.31 bits per heavy atom. The summed E-state index contributed by atoms with van der Waals surface area (Å²) in [6.45, 7) is 1.62. The van der Waals surface area contributed by atoms with E-state index in [0.29, 0.717) is 17.1 Å². The van der Waals surface area contributed by atoms with Crippen LogP contribution in [-0.2, 0) is 20.7 Å². The zero-order chi connectivity index (χ0) is 21.2. The molecule has 0 radical (unpaired) electrons. The van der Waals surface area contributed by atoms with Crippen molar-refractivity contribution < 1.29 is 23.9 Å². The molecule has 8 heteroatoms. The summed E-state index contributed by atoms with van der Waals surface area (Å²) in [4.78, 5) is 36.0. The standard InChI is InChI=1S/C21H23N3O5/c1-14(23-24-20(26)13-15-8-10-16(28-2)11-9-15)12-19(25)22-18-7-5-4-6-17(18)21(27)29-3/h4-11H,12-13H2,1-3H3,(H,22,25)(H,24,26). The van der Waals surface area contributed by atoms with Crippen LogP contribution in [0, 0.1) is 0 Å². The lowest BCUT2D eigenvalue weighted by atomic mass is 10.1. The van der Waals surface area contributed by atoms with E-state index in [2.05, 4.69) is 15.8 Å². The van der Waals surface area contributed by atoms with Crippen molar-refractivity contribution in [3.8, 4) is 5.75 Å². The summed E-state index contributed by atoms with van der Waals surface area (Å²) in [7, 11) is 2.84. The second-order valence-corrected chi connectivity index (χ2v) is 6.17. The van der Waals surface area contributed by atoms with Crippen LogP contribution in [0.4, 0.5) is 5.69 Å². The summed E-state index contributed by atoms with van der Waals surface area (Å²) in [5, 5.41) is 6.60. The van der Waals surface area contributed by atoms with Crippen molar-refractivity contribution in [1.29, 1.82) is 0 Å². The second kappa shape index (κ2) is 10.6. The monoisotopic (exact) mass is 397 g/mol. The molecule has 0 atom stereocenters. The maximum Gasteiger partial charge on any atom is 0.339 e. The van der Waals surface area contributed by atoms with E-state index in [1.54, 1.807) is 62.6 Å². The third kappa shape index (κ3) is 6.76. The zero-order valence-electron chi connectivity index (χ0n) is 16.5. The van der Waals surface area contributed by atoms with E-state index in [4.69, 9.17) is 9.47 Å². The number of benzene rings is 2. The van der Waals surface area contributed by atoms with Crippen LogP contribution in [0.3, 0.4) is 0 Å². The molecular formula is C21H23N3O5. The van der Waals surface area contributed by atoms with Crippen LogP contribution in [0.1, 0.15) is 29.3 Å². The number of nitrogens with zero attached hydrogens (tertiary/aromatic N) is 1. The van der Waals surface area contributed by atoms with Gasteiger partial charge in [0.05, 0.1) is 38.3 Å². The van der Waals surface area contributed by atoms with Gasteiger partial charge in [-0.1, -0.05) is 24.3 Å². The van der Waals surface area contributed by atoms with Crippen LogP contribution in [0.2, 0.25) is 0 Å². The van der Waals surface area contributed by atoms with Gasteiger partial charge in [0.1, 0.15) is 5.75 Å². The largest absolute Gasteiger partial charge is 0.497 e. The smallest absolute Gasteiger partial charge is 0.339 e. The van der Waals surface area contributed by atoms with E-state index < -0.39 is 5.97 Å². The molecule has 0 fully saturated rings. The van der Waals surface area contributed by atoms with Crippen molar-refractivity contribution in [2.45, 2.75) is 19.8 Å². The summed E-state index contributed by atoms with van der Waals surface area (Å²) in [5.41, 5.74) is 4.27. The SMILES string of the molecule is COC(=O)c1ccccc1NC(=O)CC(C)=NNC(=O)Cc1ccc(OC)cc1. The van der Waals surface area contributed by atoms with E-state index in [1.807, 2.05) is 0 Å². The molecule has 0 aliphatic carbocycles. The first-order valence-electron chi connectivity index (χ1n) is 8.85. The minimum Gasteiger partial charge on any atom is -0.497 e. The van der Waals surface area contributed by atoms with Crippen LogP contribution in [-0.4, -0.2) is 37.7 Å². The molecule has 0 saturated carbocycles. The van der Waals surface area contributed by atoms with Gasteiger partial charge in [0.25, 0.3) is 0 Å². The molecule has 0 saturated heterocycles. The first kappa shape index (κ1) is 21.6. The van der Waals surface area contributed by atoms with Crippen molar-refractivity contribution in [2.75, 3.05) is 19.5 Å². The van der Waals surface area contributed by atoms with Crippen molar-refractivity contribution in [2.24, 2.45) is 5.10 Å². The summed E-state index contributed by atoms with van der Waals surface area (Å²) in [5.74, 6) is -0.502. The lowest BCUT2D eigenvalue weighted by molar-refractivity contribution is -0.120. The molecule has 152 valence electrons. The van der Waals surface area contributed by atoms with Gasteiger partial charge >= 0.3 is 5.97 Å². The Morgan fingerprint density at radius 2 is 1.66 bits per heavy atom. The molecule has 0 unspecified atom stereocenters. The number of hydrogen-bond donors (Lipinski definition) is 2. The fourth-order valence-corrected chi connectivity index (χ4v) is 2.47. The molecule has 2 aromatic rings. The molecule has 0 aliphatic rings. The summed E-state index contributed by atoms with van der Waals surface area (Å²) < 4.78 is 9.77. The topological polar surface area (TPSA) is 106 Å². The summed E-state index contributed by atoms with van der Waals surface area (Å²) in [6.07, 6.45) is 0.109. The molecule has 2 rings (SSSR count). The summed E-state index contributed by atoms with van der Waals surface area (Å²) >= 11 is 0. The molecule has 0 aliphatic heterocycles. The van der Waals surface area contributed by atoms with E-state index in [9.17, 15) is 14.4 Å². The lowest BCUT2D eigenvalue weighted by Crippen LogP contribution is -2.23. The Bertz CT molecular complexity index is 907. The zero-order valence-corrected chi connectivity index (χ0v) is 16.5. The van der Waals surface area contributed by atoms with Gasteiger partial charge in [-0.2, -0.15) is 5.10 Å². The van der Waals surface area contributed by atoms with Crippen molar-refractivity contribution in [3.05, 3.63) is 59.7 Å². The van der Waals surface area contributed by atoms with Gasteiger partial charge in [0.15, 0.2) is 0 Å². The Labute approximate surface area is 168 Å². The maximum atomic E-state index is 12.2. The van der Waals surface area contributed by atoms with Gasteiger partial charge in [-0.05, 0) is 36.8 Å². The van der Waals surface area contributed by atoms with E-state index >= 15 is 0 Å². The molecule has 0 bridgehead atoms. The molecule has 0 spiro atoms. The van der Waals surface area contributed by atoms with Crippen LogP contribution < -0.4 is 15.5 Å². The molecule has 2 amide bonds. The van der Waals surface area contributed by atoms with Crippen LogP contribution in [0.5, 0.6) is 5.75 Å². The van der Waals surface area contributed by atoms with Crippen molar-refractivity contribution >= 4 is 29.2 Å². The van der Waals surface area contributed by atoms with Crippen molar-refractivity contribution in [3.63, 3.8) is 0 Å². The molecule has 0 heterocycles. The third-order valence-corrected chi connectivity index (χ3v) is 3.92. The van der Waals surface area contributed by atoms with Gasteiger partial charge in [-0.15, -0.1) is 0 Å². The molecule has 2 N–H and O–H groups in total. The summed E-state index contributed by atoms with van der Waals surface area (Å²) in [6, 6.07) is 13.7. The predicted molar refractivity (Wildman–Crippen MR) is 109 cm³/mol. The first-order valence-corrected chi connectivity index (χ1v) is 8.85. The highest BCUT2D eigenvalue weighted by molar-refractivity contribution is 6.08. The maximum absolute atomic E-state index is 12.2. The first-order chi connectivity index (χ1) is 13.9. The lowest BCUT2D eigenvalue weighted by Gasteiger charge is -2.09. The highest BCUT2D eigenvalue weighted by atomic mass is 16.5. The number of para-hydroxylation sites is 1. The number of amides is 2. The highest BCUT2D eigenvalue weighted by Crippen LogP contribution is 2.16. The number of hydrazone groups is 1. The molecular weight excluding hydrogens is 374 g/mol. The number of carbonyl (C=O) groups excluding carboxylic acids is 3. The number of rotatable bonds is 8. The van der Waals surface area contributed by atoms with Crippen LogP contribution in [0.25, 0.3) is 0 Å². The van der Waals surface area contributed by atoms with Crippen molar-refractivity contribution in [1.82, 2.24) is 5.43 Å². The quantitative estimate of drug-likeness (QED) is 0.404. The third-order valence-electron chi connectivity index (χ3n) is 3.92. The number of anilines is 1. The number of nitrogens with one attached hydrogen (secondary N) is 2. The second-order valence-electron chi connectivity index (χ2n) is 6.17. The minimum absolute atomic E-state index is 0.0433. The van der Waals surface area contributed by atoms with Gasteiger partial charge < -0.3 is 14.8 Å². The normalized spacial score (nSPS) is 10.8. The van der Waals surface area contributed by atoms with Gasteiger partial charge in [-0.25, -0.2) is 10.2 Å². The van der Waals surface area contributed by atoms with Gasteiger partial charge in [-0.3, -0.25) is 9.59 Å². The fourth-order valence-electron chi connectivity index (χ4n) is 2.47. The van der Waals surface area contributed by atoms with E-state index in [1.165, 1.54) is 7.11 Å². The molecule has 8 nitrogen and oxygen atoms in total. The number of methoxy groups -OCH3 is 2. The predicted octanol–water partition coefficient (Wildman–Crippen LogP) is 2.55. The average Bonchev–Trinajstić information content (AvgIpc) is 2.72. The van der Waals surface area contributed by atoms with Gasteiger partial charge in [0.2, 0.25) is 11.8 Å². The number of carbonyl (C=O) groups is 3. The van der Waals surface area contributed by atoms with E-state index in [-0.39, 0.29) is 30.2 Å². The Hall–Kier alpha value is -3.68. The van der Waals surface area contributed by atoms with Crippen LogP contribution in [0.15, 0.2) is 53.6 Å². The average molecular weight is 397 g/mol. The number of hydrogen-bond acceptors (Lipinski definition) is 6. The Kier molecular flexibility index (Phi) is 7.90. The van der Waals surface area contributed by atoms with Gasteiger partial charge in [0, 0.05) is 5.71 Å². The molecule has 29 heavy (non-hydrogen) atoms. The fraction of sp³-hybridized carbons (Fsp3) is 0.238. The van der Waals surface area contributed by atoms with E-state index in [0.717, 1.165) is 5.56 Å². The number of ether oxygens (including phenoxy) is 2. The van der Waals surface area contributed by atoms with Crippen LogP contribution >= 0.6 is 0 Å². The number of esters is 1. The Balaban J connectivity index is 1.88. The molecule has 2 aromatic carbocycles. The molecule has 0 aromatic heterocycles. The minimum atomic E-state index is -0.544. The highest BCUT2D eigenvalue weighted by Gasteiger charge is 2.13. The Morgan fingerprint density at radius 1 is 0.966 bits per heavy atom.